The van der Waals surface area contributed by atoms with E-state index >= 15 is 0 Å². The largest absolute Gasteiger partial charge is 0.496 e. The van der Waals surface area contributed by atoms with Gasteiger partial charge < -0.3 is 19.9 Å². The van der Waals surface area contributed by atoms with E-state index in [2.05, 4.69) is 22.2 Å². The van der Waals surface area contributed by atoms with E-state index in [9.17, 15) is 9.59 Å². The number of methoxy groups -OCH3 is 1. The van der Waals surface area contributed by atoms with Gasteiger partial charge in [-0.2, -0.15) is 0 Å². The molecule has 2 heterocycles. The molecule has 0 saturated carbocycles. The molecule has 0 unspecified atom stereocenters. The number of hydrogen-bond acceptors (Lipinski definition) is 6. The van der Waals surface area contributed by atoms with Gasteiger partial charge in [-0.05, 0) is 49.5 Å². The molecule has 2 amide bonds. The van der Waals surface area contributed by atoms with Gasteiger partial charge in [-0.25, -0.2) is 4.90 Å². The van der Waals surface area contributed by atoms with Crippen LogP contribution in [0.4, 0.5) is 17.1 Å². The average molecular weight is 469 g/mol. The maximum absolute atomic E-state index is 13.6. The van der Waals surface area contributed by atoms with Crippen LogP contribution in [0, 0.1) is 0 Å². The molecule has 1 N–H and O–H groups in total. The quantitative estimate of drug-likeness (QED) is 0.555. The van der Waals surface area contributed by atoms with Gasteiger partial charge >= 0.3 is 0 Å². The van der Waals surface area contributed by atoms with Gasteiger partial charge in [0.25, 0.3) is 11.8 Å². The molecule has 7 heteroatoms. The third-order valence-electron chi connectivity index (χ3n) is 6.48. The number of ether oxygens (including phenoxy) is 1. The van der Waals surface area contributed by atoms with E-state index in [0.29, 0.717) is 22.6 Å². The topological polar surface area (TPSA) is 65.1 Å². The van der Waals surface area contributed by atoms with E-state index in [0.717, 1.165) is 37.6 Å². The van der Waals surface area contributed by atoms with Crippen molar-refractivity contribution in [3.63, 3.8) is 0 Å². The van der Waals surface area contributed by atoms with E-state index in [-0.39, 0.29) is 11.6 Å². The third kappa shape index (κ3) is 4.38. The molecule has 0 radical (unpaired) electrons. The molecule has 3 aromatic rings. The second-order valence-electron chi connectivity index (χ2n) is 8.69. The first kappa shape index (κ1) is 22.7. The maximum Gasteiger partial charge on any atom is 0.282 e. The van der Waals surface area contributed by atoms with Crippen molar-refractivity contribution in [1.82, 2.24) is 4.90 Å². The van der Waals surface area contributed by atoms with E-state index in [1.807, 2.05) is 42.5 Å². The summed E-state index contributed by atoms with van der Waals surface area (Å²) < 4.78 is 5.52. The fourth-order valence-corrected chi connectivity index (χ4v) is 4.52. The molecule has 2 aliphatic heterocycles. The number of nitrogens with zero attached hydrogens (tertiary/aromatic N) is 3. The Balaban J connectivity index is 1.50. The van der Waals surface area contributed by atoms with Crippen LogP contribution in [-0.2, 0) is 9.59 Å². The van der Waals surface area contributed by atoms with Gasteiger partial charge in [-0.15, -0.1) is 0 Å². The number of anilines is 3. The summed E-state index contributed by atoms with van der Waals surface area (Å²) in [5, 5.41) is 3.24. The first-order valence-electron chi connectivity index (χ1n) is 11.7. The summed E-state index contributed by atoms with van der Waals surface area (Å²) in [6.45, 7) is 4.01. The molecule has 3 aromatic carbocycles. The van der Waals surface area contributed by atoms with Crippen LogP contribution in [0.3, 0.4) is 0 Å². The van der Waals surface area contributed by atoms with Crippen molar-refractivity contribution < 1.29 is 14.3 Å². The Hall–Kier alpha value is -4.10. The zero-order valence-electron chi connectivity index (χ0n) is 19.9. The lowest BCUT2D eigenvalue weighted by atomic mass is 10.0. The number of para-hydroxylation sites is 2. The van der Waals surface area contributed by atoms with Crippen LogP contribution in [0.15, 0.2) is 84.6 Å². The van der Waals surface area contributed by atoms with E-state index in [1.165, 1.54) is 4.90 Å². The highest BCUT2D eigenvalue weighted by Gasteiger charge is 2.41. The normalized spacial score (nSPS) is 16.7. The standard InChI is InChI=1S/C28H28N4O3/c1-30-16-18-31(19-17-30)21-14-12-20(13-15-21)29-26-25(23-10-6-7-11-24(23)35-2)27(33)32(28(26)34)22-8-4-3-5-9-22/h3-15,29H,16-19H2,1-2H3. The van der Waals surface area contributed by atoms with Gasteiger partial charge in [0.2, 0.25) is 0 Å². The van der Waals surface area contributed by atoms with Crippen molar-refractivity contribution in [3.8, 4) is 5.75 Å². The number of piperazine rings is 1. The van der Waals surface area contributed by atoms with Crippen LogP contribution in [0.25, 0.3) is 5.57 Å². The van der Waals surface area contributed by atoms with Crippen molar-refractivity contribution in [1.29, 1.82) is 0 Å². The highest BCUT2D eigenvalue weighted by Crippen LogP contribution is 2.37. The molecule has 7 nitrogen and oxygen atoms in total. The second-order valence-corrected chi connectivity index (χ2v) is 8.69. The summed E-state index contributed by atoms with van der Waals surface area (Å²) in [4.78, 5) is 33.1. The third-order valence-corrected chi connectivity index (χ3v) is 6.48. The molecule has 0 aliphatic carbocycles. The van der Waals surface area contributed by atoms with Gasteiger partial charge in [0.1, 0.15) is 11.4 Å². The van der Waals surface area contributed by atoms with Gasteiger partial charge in [0.05, 0.1) is 18.4 Å². The summed E-state index contributed by atoms with van der Waals surface area (Å²) >= 11 is 0. The Labute approximate surface area is 205 Å². The van der Waals surface area contributed by atoms with Crippen molar-refractivity contribution in [2.75, 3.05) is 55.5 Å². The minimum Gasteiger partial charge on any atom is -0.496 e. The molecule has 0 spiro atoms. The number of likely N-dealkylation sites (N-methyl/N-ethyl adjacent to an activating group) is 1. The van der Waals surface area contributed by atoms with Crippen LogP contribution >= 0.6 is 0 Å². The highest BCUT2D eigenvalue weighted by molar-refractivity contribution is 6.46. The lowest BCUT2D eigenvalue weighted by molar-refractivity contribution is -0.120. The molecule has 1 saturated heterocycles. The van der Waals surface area contributed by atoms with E-state index in [4.69, 9.17) is 4.74 Å². The van der Waals surface area contributed by atoms with E-state index < -0.39 is 5.91 Å². The Morgan fingerprint density at radius 3 is 2.09 bits per heavy atom. The molecular weight excluding hydrogens is 440 g/mol. The average Bonchev–Trinajstić information content (AvgIpc) is 3.14. The summed E-state index contributed by atoms with van der Waals surface area (Å²) in [6.07, 6.45) is 0. The monoisotopic (exact) mass is 468 g/mol. The summed E-state index contributed by atoms with van der Waals surface area (Å²) in [6, 6.07) is 24.2. The lowest BCUT2D eigenvalue weighted by Gasteiger charge is -2.34. The molecule has 178 valence electrons. The second kappa shape index (κ2) is 9.64. The molecule has 1 fully saturated rings. The Morgan fingerprint density at radius 1 is 0.743 bits per heavy atom. The summed E-state index contributed by atoms with van der Waals surface area (Å²) in [5.41, 5.74) is 3.50. The highest BCUT2D eigenvalue weighted by atomic mass is 16.5. The Kier molecular flexibility index (Phi) is 6.25. The molecule has 0 aromatic heterocycles. The van der Waals surface area contributed by atoms with Crippen LogP contribution in [0.1, 0.15) is 5.56 Å². The molecular formula is C28H28N4O3. The predicted molar refractivity (Wildman–Crippen MR) is 139 cm³/mol. The van der Waals surface area contributed by atoms with Crippen LogP contribution in [0.5, 0.6) is 5.75 Å². The maximum atomic E-state index is 13.6. The molecule has 0 atom stereocenters. The predicted octanol–water partition coefficient (Wildman–Crippen LogP) is 3.84. The first-order valence-corrected chi connectivity index (χ1v) is 11.7. The molecule has 5 rings (SSSR count). The van der Waals surface area contributed by atoms with Gasteiger partial charge in [0, 0.05) is 43.1 Å². The lowest BCUT2D eigenvalue weighted by Crippen LogP contribution is -2.44. The van der Waals surface area contributed by atoms with Crippen LogP contribution in [-0.4, -0.2) is 57.1 Å². The number of carbonyl (C=O) groups excluding carboxylic acids is 2. The minimum atomic E-state index is -0.398. The number of carbonyl (C=O) groups is 2. The molecule has 35 heavy (non-hydrogen) atoms. The van der Waals surface area contributed by atoms with E-state index in [1.54, 1.807) is 43.5 Å². The number of rotatable bonds is 6. The van der Waals surface area contributed by atoms with Crippen LogP contribution in [0.2, 0.25) is 0 Å². The van der Waals surface area contributed by atoms with Crippen molar-refractivity contribution in [2.24, 2.45) is 0 Å². The van der Waals surface area contributed by atoms with Gasteiger partial charge in [0.15, 0.2) is 0 Å². The number of nitrogens with one attached hydrogen (secondary N) is 1. The summed E-state index contributed by atoms with van der Waals surface area (Å²) in [5.74, 6) is -0.254. The zero-order chi connectivity index (χ0) is 24.4. The Bertz CT molecular complexity index is 1260. The van der Waals surface area contributed by atoms with Crippen molar-refractivity contribution >= 4 is 34.4 Å². The first-order chi connectivity index (χ1) is 17.1. The number of hydrogen-bond donors (Lipinski definition) is 1. The number of imide groups is 1. The smallest absolute Gasteiger partial charge is 0.282 e. The SMILES string of the molecule is COc1ccccc1C1=C(Nc2ccc(N3CCN(C)CC3)cc2)C(=O)N(c2ccccc2)C1=O. The van der Waals surface area contributed by atoms with Gasteiger partial charge in [-0.3, -0.25) is 9.59 Å². The van der Waals surface area contributed by atoms with Crippen molar-refractivity contribution in [3.05, 3.63) is 90.1 Å². The van der Waals surface area contributed by atoms with Gasteiger partial charge in [-0.1, -0.05) is 36.4 Å². The molecule has 0 bridgehead atoms. The fourth-order valence-electron chi connectivity index (χ4n) is 4.52. The summed E-state index contributed by atoms with van der Waals surface area (Å²) in [7, 11) is 3.69. The van der Waals surface area contributed by atoms with Crippen molar-refractivity contribution in [2.45, 2.75) is 0 Å². The zero-order valence-corrected chi connectivity index (χ0v) is 19.9. The Morgan fingerprint density at radius 2 is 1.40 bits per heavy atom. The molecule has 2 aliphatic rings. The van der Waals surface area contributed by atoms with Crippen LogP contribution < -0.4 is 19.9 Å². The minimum absolute atomic E-state index is 0.232. The number of benzene rings is 3. The number of amides is 2. The fraction of sp³-hybridized carbons (Fsp3) is 0.214.